The first-order chi connectivity index (χ1) is 9.04. The zero-order valence-electron chi connectivity index (χ0n) is 9.65. The molecule has 8 nitrogen and oxygen atoms in total. The number of carbonyl (C=O) groups is 2. The van der Waals surface area contributed by atoms with Crippen molar-refractivity contribution in [2.45, 2.75) is 6.10 Å². The molecule has 0 heterocycles. The van der Waals surface area contributed by atoms with Crippen LogP contribution in [0.2, 0.25) is 5.02 Å². The molecule has 0 saturated heterocycles. The van der Waals surface area contributed by atoms with Gasteiger partial charge in [-0.1, -0.05) is 40.1 Å². The van der Waals surface area contributed by atoms with Crippen molar-refractivity contribution in [1.82, 2.24) is 0 Å². The molecule has 2 amide bonds. The van der Waals surface area contributed by atoms with Crippen LogP contribution in [0.15, 0.2) is 34.6 Å². The van der Waals surface area contributed by atoms with Crippen LogP contribution >= 0.6 is 11.6 Å². The van der Waals surface area contributed by atoms with Crippen molar-refractivity contribution in [1.29, 1.82) is 0 Å². The highest BCUT2D eigenvalue weighted by Gasteiger charge is 2.20. The van der Waals surface area contributed by atoms with Gasteiger partial charge in [-0.15, -0.1) is 0 Å². The lowest BCUT2D eigenvalue weighted by atomic mass is 10.1. The molecule has 4 N–H and O–H groups in total. The zero-order chi connectivity index (χ0) is 14.3. The van der Waals surface area contributed by atoms with E-state index in [-0.39, 0.29) is 6.61 Å². The summed E-state index contributed by atoms with van der Waals surface area (Å²) in [5.74, 6) is 4.68. The Morgan fingerprint density at radius 2 is 2.05 bits per heavy atom. The van der Waals surface area contributed by atoms with Crippen LogP contribution in [0.1, 0.15) is 11.7 Å². The Kier molecular flexibility index (Phi) is 5.55. The predicted molar refractivity (Wildman–Crippen MR) is 65.3 cm³/mol. The Morgan fingerprint density at radius 3 is 2.63 bits per heavy atom. The molecule has 9 heteroatoms. The van der Waals surface area contributed by atoms with E-state index in [0.29, 0.717) is 10.6 Å². The van der Waals surface area contributed by atoms with E-state index >= 15 is 0 Å². The molecule has 1 rings (SSSR count). The third kappa shape index (κ3) is 4.80. The summed E-state index contributed by atoms with van der Waals surface area (Å²) in [6.45, 7) is -0.315. The van der Waals surface area contributed by atoms with E-state index in [0.717, 1.165) is 0 Å². The van der Waals surface area contributed by atoms with Crippen LogP contribution in [0.25, 0.3) is 0 Å². The summed E-state index contributed by atoms with van der Waals surface area (Å²) < 4.78 is 9.50. The minimum atomic E-state index is -1.03. The smallest absolute Gasteiger partial charge is 0.442 e. The summed E-state index contributed by atoms with van der Waals surface area (Å²) in [5.41, 5.74) is 5.38. The third-order valence-electron chi connectivity index (χ3n) is 2.01. The number of primary amides is 1. The van der Waals surface area contributed by atoms with Gasteiger partial charge in [-0.05, 0) is 6.07 Å². The van der Waals surface area contributed by atoms with Gasteiger partial charge in [0.2, 0.25) is 0 Å². The number of rotatable bonds is 4. The van der Waals surface area contributed by atoms with Gasteiger partial charge in [-0.2, -0.15) is 0 Å². The molecule has 0 bridgehead atoms. The van der Waals surface area contributed by atoms with E-state index in [1.54, 1.807) is 24.3 Å². The molecule has 0 aromatic heterocycles. The second-order valence-electron chi connectivity index (χ2n) is 3.24. The topological polar surface area (TPSA) is 129 Å². The van der Waals surface area contributed by atoms with Crippen molar-refractivity contribution in [2.75, 3.05) is 6.61 Å². The van der Waals surface area contributed by atoms with Crippen molar-refractivity contribution < 1.29 is 19.1 Å². The number of carbonyl (C=O) groups excluding carboxylic acids is 2. The van der Waals surface area contributed by atoms with E-state index in [1.807, 2.05) is 0 Å². The van der Waals surface area contributed by atoms with Crippen molar-refractivity contribution >= 4 is 23.8 Å². The monoisotopic (exact) mass is 286 g/mol. The van der Waals surface area contributed by atoms with Crippen LogP contribution in [0.4, 0.5) is 9.59 Å². The molecule has 102 valence electrons. The zero-order valence-corrected chi connectivity index (χ0v) is 10.4. The average Bonchev–Trinajstić information content (AvgIpc) is 2.35. The first kappa shape index (κ1) is 14.7. The molecule has 0 fully saturated rings. The molecule has 1 atom stereocenters. The number of nitrogens with zero attached hydrogens (tertiary/aromatic N) is 2. The molecule has 19 heavy (non-hydrogen) atoms. The molecule has 0 radical (unpaired) electrons. The number of nitrogens with two attached hydrogens (primary N) is 2. The molecule has 0 aliphatic rings. The van der Waals surface area contributed by atoms with Crippen molar-refractivity contribution in [3.8, 4) is 0 Å². The summed E-state index contributed by atoms with van der Waals surface area (Å²) in [4.78, 5) is 21.8. The van der Waals surface area contributed by atoms with Crippen molar-refractivity contribution in [3.05, 3.63) is 34.9 Å². The first-order valence-corrected chi connectivity index (χ1v) is 5.40. The normalized spacial score (nSPS) is 12.1. The number of ether oxygens (including phenoxy) is 2. The Bertz CT molecular complexity index is 494. The summed E-state index contributed by atoms with van der Waals surface area (Å²) in [6, 6.07) is 6.58. The van der Waals surface area contributed by atoms with Gasteiger partial charge in [0, 0.05) is 10.6 Å². The number of benzene rings is 1. The molecular formula is C10H11ClN4O4. The second-order valence-corrected chi connectivity index (χ2v) is 3.65. The van der Waals surface area contributed by atoms with Gasteiger partial charge in [0.1, 0.15) is 6.61 Å². The fraction of sp³-hybridized carbons (Fsp3) is 0.200. The van der Waals surface area contributed by atoms with Gasteiger partial charge in [0.25, 0.3) is 0 Å². The van der Waals surface area contributed by atoms with Crippen LogP contribution in [0.5, 0.6) is 0 Å². The van der Waals surface area contributed by atoms with Gasteiger partial charge in [0.05, 0.1) is 0 Å². The van der Waals surface area contributed by atoms with Crippen LogP contribution in [0, 0.1) is 0 Å². The molecule has 0 saturated carbocycles. The van der Waals surface area contributed by atoms with Crippen LogP contribution in [-0.4, -0.2) is 18.8 Å². The lowest BCUT2D eigenvalue weighted by Gasteiger charge is -2.17. The molecule has 0 spiro atoms. The van der Waals surface area contributed by atoms with E-state index < -0.39 is 18.3 Å². The third-order valence-corrected chi connectivity index (χ3v) is 2.35. The highest BCUT2D eigenvalue weighted by Crippen LogP contribution is 2.25. The molecule has 1 aromatic rings. The fourth-order valence-electron chi connectivity index (χ4n) is 1.29. The van der Waals surface area contributed by atoms with E-state index in [4.69, 9.17) is 22.1 Å². The molecule has 0 unspecified atom stereocenters. The predicted octanol–water partition coefficient (Wildman–Crippen LogP) is 1.94. The first-order valence-electron chi connectivity index (χ1n) is 5.02. The molecule has 0 aliphatic heterocycles. The standard InChI is InChI=1S/C10H11ClN4O4/c11-7-4-2-1-3-6(7)8(19-9(12)16)5-18-10(17)14-15-13/h1-4,8H,5H2,(H2,12,16)(H2,13,14,17)/t8-/m0/s1. The lowest BCUT2D eigenvalue weighted by Crippen LogP contribution is -2.22. The highest BCUT2D eigenvalue weighted by atomic mass is 35.5. The quantitative estimate of drug-likeness (QED) is 0.496. The average molecular weight is 287 g/mol. The minimum Gasteiger partial charge on any atom is -0.442 e. The maximum atomic E-state index is 11.0. The molecular weight excluding hydrogens is 276 g/mol. The lowest BCUT2D eigenvalue weighted by molar-refractivity contribution is 0.0509. The Labute approximate surface area is 113 Å². The Balaban J connectivity index is 2.81. The van der Waals surface area contributed by atoms with Gasteiger partial charge in [0.15, 0.2) is 6.10 Å². The van der Waals surface area contributed by atoms with E-state index in [2.05, 4.69) is 20.9 Å². The van der Waals surface area contributed by atoms with Crippen LogP contribution in [-0.2, 0) is 9.47 Å². The molecule has 0 aliphatic carbocycles. The number of halogens is 1. The largest absolute Gasteiger partial charge is 0.453 e. The summed E-state index contributed by atoms with van der Waals surface area (Å²) in [7, 11) is 0. The van der Waals surface area contributed by atoms with Crippen molar-refractivity contribution in [3.63, 3.8) is 0 Å². The fourth-order valence-corrected chi connectivity index (χ4v) is 1.54. The minimum absolute atomic E-state index is 0.315. The van der Waals surface area contributed by atoms with Crippen molar-refractivity contribution in [2.24, 2.45) is 21.9 Å². The summed E-state index contributed by atoms with van der Waals surface area (Å²) >= 11 is 5.94. The van der Waals surface area contributed by atoms with Gasteiger partial charge < -0.3 is 21.1 Å². The highest BCUT2D eigenvalue weighted by molar-refractivity contribution is 6.31. The Morgan fingerprint density at radius 1 is 1.37 bits per heavy atom. The number of amides is 2. The maximum Gasteiger partial charge on any atom is 0.453 e. The molecule has 1 aromatic carbocycles. The Hall–Kier alpha value is -2.35. The maximum absolute atomic E-state index is 11.0. The second kappa shape index (κ2) is 7.17. The van der Waals surface area contributed by atoms with Gasteiger partial charge in [-0.3, -0.25) is 0 Å². The summed E-state index contributed by atoms with van der Waals surface area (Å²) in [5, 5.41) is 6.02. The van der Waals surface area contributed by atoms with Crippen LogP contribution < -0.4 is 11.6 Å². The van der Waals surface area contributed by atoms with E-state index in [1.165, 1.54) is 0 Å². The number of hydrogen-bond donors (Lipinski definition) is 2. The van der Waals surface area contributed by atoms with Gasteiger partial charge in [-0.25, -0.2) is 9.59 Å². The van der Waals surface area contributed by atoms with Crippen LogP contribution in [0.3, 0.4) is 0 Å². The SMILES string of the molecule is NN=NC(=O)OC[C@H](OC(N)=O)c1ccccc1Cl. The number of hydrogen-bond acceptors (Lipinski definition) is 5. The summed E-state index contributed by atoms with van der Waals surface area (Å²) in [6.07, 6.45) is -2.99. The van der Waals surface area contributed by atoms with Gasteiger partial charge >= 0.3 is 12.2 Å². The van der Waals surface area contributed by atoms with E-state index in [9.17, 15) is 9.59 Å².